The highest BCUT2D eigenvalue weighted by molar-refractivity contribution is 5.92. The molecule has 0 saturated carbocycles. The number of nitrogens with two attached hydrogens (primary N) is 1. The first-order valence-corrected chi connectivity index (χ1v) is 7.16. The van der Waals surface area contributed by atoms with E-state index in [1.807, 2.05) is 30.3 Å². The van der Waals surface area contributed by atoms with Gasteiger partial charge in [0, 0.05) is 20.3 Å². The number of methoxy groups -OCH3 is 2. The van der Waals surface area contributed by atoms with Crippen LogP contribution in [-0.2, 0) is 20.7 Å². The molecule has 0 saturated heterocycles. The van der Waals surface area contributed by atoms with E-state index in [9.17, 15) is 14.3 Å². The normalized spacial score (nSPS) is 25.5. The molecule has 1 aromatic carbocycles. The molecule has 1 aliphatic rings. The molecule has 5 nitrogen and oxygen atoms in total. The van der Waals surface area contributed by atoms with E-state index < -0.39 is 24.0 Å². The van der Waals surface area contributed by atoms with Gasteiger partial charge in [-0.25, -0.2) is 9.18 Å². The van der Waals surface area contributed by atoms with Crippen LogP contribution in [-0.4, -0.2) is 43.3 Å². The van der Waals surface area contributed by atoms with Gasteiger partial charge < -0.3 is 20.3 Å². The van der Waals surface area contributed by atoms with E-state index in [-0.39, 0.29) is 11.1 Å². The van der Waals surface area contributed by atoms with Gasteiger partial charge in [0.25, 0.3) is 5.85 Å². The highest BCUT2D eigenvalue weighted by Crippen LogP contribution is 2.35. The number of hydrogen-bond acceptors (Lipinski definition) is 4. The molecule has 3 unspecified atom stereocenters. The topological polar surface area (TPSA) is 81.8 Å². The van der Waals surface area contributed by atoms with Gasteiger partial charge in [0.2, 0.25) is 0 Å². The minimum Gasteiger partial charge on any atom is -0.478 e. The standard InChI is InChI=1S/C17H20FNO4/c1-22-15-14(13(19)10-11-6-4-3-5-7-11)12(16(20)21)8-9-17(15,18)23-2/h3-9,13,15H,10,19H2,1-2H3,(H,20,21). The molecular formula is C17H20FNO4. The van der Waals surface area contributed by atoms with Crippen molar-refractivity contribution in [2.24, 2.45) is 5.73 Å². The van der Waals surface area contributed by atoms with Crippen LogP contribution < -0.4 is 5.73 Å². The summed E-state index contributed by atoms with van der Waals surface area (Å²) >= 11 is 0. The molecule has 23 heavy (non-hydrogen) atoms. The highest BCUT2D eigenvalue weighted by atomic mass is 19.2. The molecule has 1 aliphatic carbocycles. The van der Waals surface area contributed by atoms with Gasteiger partial charge >= 0.3 is 5.97 Å². The Kier molecular flexibility index (Phi) is 5.30. The van der Waals surface area contributed by atoms with Gasteiger partial charge in [-0.1, -0.05) is 30.3 Å². The molecule has 2 rings (SSSR count). The third-order valence-corrected chi connectivity index (χ3v) is 3.91. The van der Waals surface area contributed by atoms with Crippen LogP contribution in [0.3, 0.4) is 0 Å². The van der Waals surface area contributed by atoms with Crippen molar-refractivity contribution in [3.8, 4) is 0 Å². The Balaban J connectivity index is 2.42. The third-order valence-electron chi connectivity index (χ3n) is 3.91. The molecule has 0 fully saturated rings. The third kappa shape index (κ3) is 3.50. The summed E-state index contributed by atoms with van der Waals surface area (Å²) in [5.41, 5.74) is 7.23. The van der Waals surface area contributed by atoms with Gasteiger partial charge in [-0.15, -0.1) is 0 Å². The molecule has 0 aromatic heterocycles. The molecule has 0 bridgehead atoms. The number of alkyl halides is 1. The van der Waals surface area contributed by atoms with Gasteiger partial charge in [-0.2, -0.15) is 0 Å². The zero-order chi connectivity index (χ0) is 17.0. The Bertz CT molecular complexity index is 629. The summed E-state index contributed by atoms with van der Waals surface area (Å²) in [5.74, 6) is -3.43. The molecule has 124 valence electrons. The molecule has 0 aliphatic heterocycles. The Morgan fingerprint density at radius 3 is 2.57 bits per heavy atom. The summed E-state index contributed by atoms with van der Waals surface area (Å²) in [6.45, 7) is 0. The quantitative estimate of drug-likeness (QED) is 0.835. The van der Waals surface area contributed by atoms with E-state index in [0.717, 1.165) is 11.6 Å². The summed E-state index contributed by atoms with van der Waals surface area (Å²) in [7, 11) is 2.49. The number of aliphatic carboxylic acids is 1. The molecule has 0 heterocycles. The second-order valence-corrected chi connectivity index (χ2v) is 5.32. The van der Waals surface area contributed by atoms with E-state index in [2.05, 4.69) is 0 Å². The zero-order valence-electron chi connectivity index (χ0n) is 13.0. The second-order valence-electron chi connectivity index (χ2n) is 5.32. The van der Waals surface area contributed by atoms with Gasteiger partial charge in [0.05, 0.1) is 5.57 Å². The average molecular weight is 321 g/mol. The largest absolute Gasteiger partial charge is 0.478 e. The fraction of sp³-hybridized carbons (Fsp3) is 0.353. The van der Waals surface area contributed by atoms with Crippen LogP contribution in [0.25, 0.3) is 0 Å². The minimum absolute atomic E-state index is 0.0643. The smallest absolute Gasteiger partial charge is 0.335 e. The maximum Gasteiger partial charge on any atom is 0.335 e. The highest BCUT2D eigenvalue weighted by Gasteiger charge is 2.46. The van der Waals surface area contributed by atoms with Crippen LogP contribution in [0.1, 0.15) is 5.56 Å². The molecule has 0 amide bonds. The van der Waals surface area contributed by atoms with Crippen molar-refractivity contribution >= 4 is 5.97 Å². The predicted octanol–water partition coefficient (Wildman–Crippen LogP) is 1.83. The van der Waals surface area contributed by atoms with Crippen molar-refractivity contribution in [1.29, 1.82) is 0 Å². The first-order chi connectivity index (χ1) is 10.9. The fourth-order valence-electron chi connectivity index (χ4n) is 2.76. The lowest BCUT2D eigenvalue weighted by Gasteiger charge is -2.36. The SMILES string of the molecule is COC1C(C(N)Cc2ccccc2)=C(C(=O)O)C=CC1(F)OC. The number of carboxylic acids is 1. The first-order valence-electron chi connectivity index (χ1n) is 7.16. The lowest BCUT2D eigenvalue weighted by atomic mass is 9.84. The summed E-state index contributed by atoms with van der Waals surface area (Å²) in [6, 6.07) is 8.62. The van der Waals surface area contributed by atoms with Crippen LogP contribution in [0, 0.1) is 0 Å². The second kappa shape index (κ2) is 7.04. The lowest BCUT2D eigenvalue weighted by molar-refractivity contribution is -0.156. The van der Waals surface area contributed by atoms with E-state index in [0.29, 0.717) is 6.42 Å². The fourth-order valence-corrected chi connectivity index (χ4v) is 2.76. The number of carboxylic acid groups (broad SMARTS) is 1. The first kappa shape index (κ1) is 17.3. The number of benzene rings is 1. The Morgan fingerprint density at radius 1 is 1.39 bits per heavy atom. The van der Waals surface area contributed by atoms with Crippen LogP contribution in [0.15, 0.2) is 53.6 Å². The van der Waals surface area contributed by atoms with E-state index in [1.165, 1.54) is 20.3 Å². The number of halogens is 1. The van der Waals surface area contributed by atoms with Crippen molar-refractivity contribution in [1.82, 2.24) is 0 Å². The number of hydrogen-bond donors (Lipinski definition) is 2. The van der Waals surface area contributed by atoms with Crippen LogP contribution >= 0.6 is 0 Å². The zero-order valence-corrected chi connectivity index (χ0v) is 13.0. The average Bonchev–Trinajstić information content (AvgIpc) is 2.55. The molecule has 3 atom stereocenters. The van der Waals surface area contributed by atoms with Crippen molar-refractivity contribution in [3.63, 3.8) is 0 Å². The van der Waals surface area contributed by atoms with Gasteiger partial charge in [0.15, 0.2) is 0 Å². The lowest BCUT2D eigenvalue weighted by Crippen LogP contribution is -2.48. The Labute approximate surface area is 134 Å². The van der Waals surface area contributed by atoms with E-state index >= 15 is 0 Å². The Morgan fingerprint density at radius 2 is 2.04 bits per heavy atom. The molecular weight excluding hydrogens is 301 g/mol. The van der Waals surface area contributed by atoms with E-state index in [1.54, 1.807) is 0 Å². The van der Waals surface area contributed by atoms with Crippen molar-refractivity contribution in [2.45, 2.75) is 24.4 Å². The summed E-state index contributed by atoms with van der Waals surface area (Å²) < 4.78 is 24.9. The van der Waals surface area contributed by atoms with Crippen molar-refractivity contribution in [2.75, 3.05) is 14.2 Å². The molecule has 0 radical (unpaired) electrons. The van der Waals surface area contributed by atoms with Crippen molar-refractivity contribution < 1.29 is 23.8 Å². The Hall–Kier alpha value is -2.02. The van der Waals surface area contributed by atoms with Crippen LogP contribution in [0.5, 0.6) is 0 Å². The number of ether oxygens (including phenoxy) is 2. The maximum absolute atomic E-state index is 14.8. The molecule has 6 heteroatoms. The molecule has 0 spiro atoms. The van der Waals surface area contributed by atoms with Gasteiger partial charge in [-0.3, -0.25) is 0 Å². The van der Waals surface area contributed by atoms with Gasteiger partial charge in [0.1, 0.15) is 6.10 Å². The monoisotopic (exact) mass is 321 g/mol. The van der Waals surface area contributed by atoms with Gasteiger partial charge in [-0.05, 0) is 29.7 Å². The molecule has 1 aromatic rings. The summed E-state index contributed by atoms with van der Waals surface area (Å²) in [6.07, 6.45) is 1.37. The van der Waals surface area contributed by atoms with Crippen molar-refractivity contribution in [3.05, 3.63) is 59.2 Å². The van der Waals surface area contributed by atoms with Crippen LogP contribution in [0.2, 0.25) is 0 Å². The molecule has 3 N–H and O–H groups in total. The minimum atomic E-state index is -2.25. The van der Waals surface area contributed by atoms with E-state index in [4.69, 9.17) is 15.2 Å². The predicted molar refractivity (Wildman–Crippen MR) is 83.6 cm³/mol. The maximum atomic E-state index is 14.8. The number of carbonyl (C=O) groups is 1. The number of rotatable bonds is 6. The van der Waals surface area contributed by atoms with Crippen LogP contribution in [0.4, 0.5) is 4.39 Å². The summed E-state index contributed by atoms with van der Waals surface area (Å²) in [5, 5.41) is 9.40. The summed E-state index contributed by atoms with van der Waals surface area (Å²) in [4.78, 5) is 11.5.